The Labute approximate surface area is 179 Å². The van der Waals surface area contributed by atoms with Gasteiger partial charge in [-0.25, -0.2) is 12.8 Å². The summed E-state index contributed by atoms with van der Waals surface area (Å²) in [5, 5.41) is 2.82. The van der Waals surface area contributed by atoms with Crippen LogP contribution in [0.15, 0.2) is 41.3 Å². The summed E-state index contributed by atoms with van der Waals surface area (Å²) in [4.78, 5) is 12.6. The Balaban J connectivity index is 1.49. The molecule has 2 aromatic carbocycles. The number of sulfonamides is 1. The predicted molar refractivity (Wildman–Crippen MR) is 110 cm³/mol. The number of fused-ring (bicyclic) bond motifs is 1. The lowest BCUT2D eigenvalue weighted by atomic mass is 9.98. The quantitative estimate of drug-likeness (QED) is 0.753. The number of rotatable bonds is 5. The van der Waals surface area contributed by atoms with E-state index < -0.39 is 21.8 Å². The lowest BCUT2D eigenvalue weighted by Gasteiger charge is -2.31. The van der Waals surface area contributed by atoms with Gasteiger partial charge in [-0.05, 0) is 43.2 Å². The molecule has 31 heavy (non-hydrogen) atoms. The van der Waals surface area contributed by atoms with Gasteiger partial charge in [-0.15, -0.1) is 0 Å². The maximum absolute atomic E-state index is 13.7. The fourth-order valence-electron chi connectivity index (χ4n) is 3.73. The zero-order valence-corrected chi connectivity index (χ0v) is 17.8. The first-order valence-corrected chi connectivity index (χ1v) is 11.4. The van der Waals surface area contributed by atoms with Gasteiger partial charge in [0.15, 0.2) is 11.5 Å². The second kappa shape index (κ2) is 8.72. The molecular formula is C21H23FN2O6S. The molecule has 0 unspecified atom stereocenters. The van der Waals surface area contributed by atoms with Crippen LogP contribution in [-0.2, 0) is 14.8 Å². The number of benzene rings is 2. The van der Waals surface area contributed by atoms with Crippen molar-refractivity contribution in [2.45, 2.75) is 17.7 Å². The molecular weight excluding hydrogens is 427 g/mol. The smallest absolute Gasteiger partial charge is 0.246 e. The molecule has 1 saturated heterocycles. The van der Waals surface area contributed by atoms with Crippen molar-refractivity contribution in [1.82, 2.24) is 4.31 Å². The second-order valence-electron chi connectivity index (χ2n) is 7.35. The number of ether oxygens (including phenoxy) is 3. The molecule has 1 amide bonds. The number of amides is 1. The third-order valence-electron chi connectivity index (χ3n) is 5.31. The molecule has 0 saturated carbocycles. The maximum atomic E-state index is 13.7. The van der Waals surface area contributed by atoms with E-state index in [9.17, 15) is 17.6 Å². The molecule has 1 N–H and O–H groups in total. The summed E-state index contributed by atoms with van der Waals surface area (Å²) in [6.07, 6.45) is 1.05. The van der Waals surface area contributed by atoms with E-state index in [1.54, 1.807) is 18.2 Å². The number of piperidine rings is 1. The Kier molecular flexibility index (Phi) is 6.01. The van der Waals surface area contributed by atoms with Gasteiger partial charge in [0.1, 0.15) is 29.7 Å². The van der Waals surface area contributed by atoms with Crippen molar-refractivity contribution in [3.05, 3.63) is 42.2 Å². The van der Waals surface area contributed by atoms with Crippen molar-refractivity contribution in [2.24, 2.45) is 5.92 Å². The molecule has 2 aromatic rings. The van der Waals surface area contributed by atoms with Gasteiger partial charge in [-0.2, -0.15) is 4.31 Å². The van der Waals surface area contributed by atoms with E-state index in [0.29, 0.717) is 43.2 Å². The van der Waals surface area contributed by atoms with Crippen LogP contribution in [-0.4, -0.2) is 52.0 Å². The molecule has 0 aromatic heterocycles. The first-order valence-electron chi connectivity index (χ1n) is 9.92. The number of hydrogen-bond donors (Lipinski definition) is 1. The molecule has 2 aliphatic heterocycles. The number of methoxy groups -OCH3 is 1. The number of carbonyl (C=O) groups excluding carboxylic acids is 1. The summed E-state index contributed by atoms with van der Waals surface area (Å²) in [7, 11) is -2.70. The van der Waals surface area contributed by atoms with Gasteiger partial charge in [0.2, 0.25) is 15.9 Å². The Hall–Kier alpha value is -2.85. The minimum atomic E-state index is -4.03. The molecule has 166 valence electrons. The molecule has 2 heterocycles. The van der Waals surface area contributed by atoms with Crippen molar-refractivity contribution in [3.8, 4) is 17.2 Å². The van der Waals surface area contributed by atoms with Gasteiger partial charge < -0.3 is 19.5 Å². The Bertz CT molecular complexity index is 1090. The van der Waals surface area contributed by atoms with Crippen LogP contribution in [0.2, 0.25) is 0 Å². The van der Waals surface area contributed by atoms with Gasteiger partial charge in [-0.3, -0.25) is 4.79 Å². The van der Waals surface area contributed by atoms with E-state index in [0.717, 1.165) is 12.1 Å². The summed E-state index contributed by atoms with van der Waals surface area (Å²) >= 11 is 0. The first-order chi connectivity index (χ1) is 14.9. The average molecular weight is 450 g/mol. The van der Waals surface area contributed by atoms with Crippen LogP contribution < -0.4 is 19.5 Å². The first kappa shape index (κ1) is 21.4. The number of nitrogens with one attached hydrogen (secondary N) is 1. The van der Waals surface area contributed by atoms with Crippen molar-refractivity contribution in [2.75, 3.05) is 38.7 Å². The van der Waals surface area contributed by atoms with E-state index in [-0.39, 0.29) is 29.6 Å². The van der Waals surface area contributed by atoms with Crippen LogP contribution in [0.5, 0.6) is 17.2 Å². The molecule has 8 nitrogen and oxygen atoms in total. The summed E-state index contributed by atoms with van der Waals surface area (Å²) in [5.74, 6) is -0.286. The summed E-state index contributed by atoms with van der Waals surface area (Å²) < 4.78 is 57.3. The molecule has 10 heteroatoms. The van der Waals surface area contributed by atoms with Crippen LogP contribution >= 0.6 is 0 Å². The Morgan fingerprint density at radius 1 is 1.16 bits per heavy atom. The van der Waals surface area contributed by atoms with Crippen LogP contribution in [0.25, 0.3) is 0 Å². The SMILES string of the molecule is COc1ccc(F)cc1S(=O)(=O)N1CCC[C@H](C(=O)Nc2ccc3c(c2)OCCO3)C1. The highest BCUT2D eigenvalue weighted by Gasteiger charge is 2.35. The van der Waals surface area contributed by atoms with Gasteiger partial charge in [0, 0.05) is 24.8 Å². The van der Waals surface area contributed by atoms with E-state index in [4.69, 9.17) is 14.2 Å². The van der Waals surface area contributed by atoms with Crippen molar-refractivity contribution in [3.63, 3.8) is 0 Å². The fraction of sp³-hybridized carbons (Fsp3) is 0.381. The average Bonchev–Trinajstić information content (AvgIpc) is 2.79. The lowest BCUT2D eigenvalue weighted by molar-refractivity contribution is -0.120. The van der Waals surface area contributed by atoms with Crippen molar-refractivity contribution >= 4 is 21.6 Å². The molecule has 1 atom stereocenters. The minimum absolute atomic E-state index is 0.00160. The summed E-state index contributed by atoms with van der Waals surface area (Å²) in [6, 6.07) is 8.46. The van der Waals surface area contributed by atoms with Gasteiger partial charge in [0.25, 0.3) is 0 Å². The normalized spacial score (nSPS) is 19.0. The van der Waals surface area contributed by atoms with Gasteiger partial charge in [0.05, 0.1) is 13.0 Å². The molecule has 0 bridgehead atoms. The van der Waals surface area contributed by atoms with Crippen LogP contribution in [0, 0.1) is 11.7 Å². The Morgan fingerprint density at radius 3 is 2.71 bits per heavy atom. The molecule has 1 fully saturated rings. The van der Waals surface area contributed by atoms with Crippen molar-refractivity contribution < 1.29 is 31.8 Å². The maximum Gasteiger partial charge on any atom is 0.246 e. The van der Waals surface area contributed by atoms with Crippen LogP contribution in [0.3, 0.4) is 0 Å². The molecule has 2 aliphatic rings. The zero-order valence-electron chi connectivity index (χ0n) is 17.0. The summed E-state index contributed by atoms with van der Waals surface area (Å²) in [6.45, 7) is 1.15. The highest BCUT2D eigenvalue weighted by Crippen LogP contribution is 2.34. The van der Waals surface area contributed by atoms with Crippen LogP contribution in [0.1, 0.15) is 12.8 Å². The van der Waals surface area contributed by atoms with E-state index >= 15 is 0 Å². The number of hydrogen-bond acceptors (Lipinski definition) is 6. The largest absolute Gasteiger partial charge is 0.495 e. The van der Waals surface area contributed by atoms with E-state index in [1.165, 1.54) is 17.5 Å². The Morgan fingerprint density at radius 2 is 1.94 bits per heavy atom. The molecule has 0 spiro atoms. The van der Waals surface area contributed by atoms with Crippen LogP contribution in [0.4, 0.5) is 10.1 Å². The van der Waals surface area contributed by atoms with Crippen molar-refractivity contribution in [1.29, 1.82) is 0 Å². The summed E-state index contributed by atoms with van der Waals surface area (Å²) in [5.41, 5.74) is 0.543. The fourth-order valence-corrected chi connectivity index (χ4v) is 5.42. The number of halogens is 1. The van der Waals surface area contributed by atoms with E-state index in [2.05, 4.69) is 5.32 Å². The highest BCUT2D eigenvalue weighted by atomic mass is 32.2. The number of nitrogens with zero attached hydrogens (tertiary/aromatic N) is 1. The standard InChI is InChI=1S/C21H23FN2O6S/c1-28-18-6-4-15(22)11-20(18)31(26,27)24-8-2-3-14(13-24)21(25)23-16-5-7-17-19(12-16)30-10-9-29-17/h4-7,11-12,14H,2-3,8-10,13H2,1H3,(H,23,25)/t14-/m0/s1. The topological polar surface area (TPSA) is 94.2 Å². The van der Waals surface area contributed by atoms with Gasteiger partial charge in [-0.1, -0.05) is 0 Å². The molecule has 0 radical (unpaired) electrons. The third kappa shape index (κ3) is 4.45. The van der Waals surface area contributed by atoms with E-state index in [1.807, 2.05) is 0 Å². The zero-order chi connectivity index (χ0) is 22.0. The molecule has 4 rings (SSSR count). The number of carbonyl (C=O) groups is 1. The second-order valence-corrected chi connectivity index (χ2v) is 9.25. The lowest BCUT2D eigenvalue weighted by Crippen LogP contribution is -2.43. The molecule has 0 aliphatic carbocycles. The predicted octanol–water partition coefficient (Wildman–Crippen LogP) is 2.64. The minimum Gasteiger partial charge on any atom is -0.495 e. The highest BCUT2D eigenvalue weighted by molar-refractivity contribution is 7.89. The third-order valence-corrected chi connectivity index (χ3v) is 7.19. The number of anilines is 1. The monoisotopic (exact) mass is 450 g/mol. The van der Waals surface area contributed by atoms with Gasteiger partial charge >= 0.3 is 0 Å².